The van der Waals surface area contributed by atoms with Crippen molar-refractivity contribution in [1.82, 2.24) is 9.55 Å². The van der Waals surface area contributed by atoms with E-state index < -0.39 is 0 Å². The molecular weight excluding hydrogens is 321 g/mol. The maximum atomic E-state index is 13.6. The van der Waals surface area contributed by atoms with E-state index in [0.717, 1.165) is 12.1 Å². The molecule has 0 radical (unpaired) electrons. The topological polar surface area (TPSA) is 43.8 Å². The third-order valence-electron chi connectivity index (χ3n) is 5.50. The Labute approximate surface area is 126 Å². The van der Waals surface area contributed by atoms with E-state index in [4.69, 9.17) is 5.73 Å². The summed E-state index contributed by atoms with van der Waals surface area (Å²) in [6.07, 6.45) is 0. The Kier molecular flexibility index (Phi) is 2.75. The number of fused-ring (bicyclic) bond motifs is 1. The van der Waals surface area contributed by atoms with Gasteiger partial charge in [-0.25, -0.2) is 9.37 Å². The van der Waals surface area contributed by atoms with Crippen LogP contribution in [0, 0.1) is 22.6 Å². The van der Waals surface area contributed by atoms with Crippen LogP contribution < -0.4 is 5.73 Å². The molecule has 1 aliphatic rings. The van der Waals surface area contributed by atoms with Gasteiger partial charge in [0.2, 0.25) is 5.95 Å². The van der Waals surface area contributed by atoms with Crippen LogP contribution in [0.1, 0.15) is 27.7 Å². The third-order valence-corrected chi connectivity index (χ3v) is 6.11. The van der Waals surface area contributed by atoms with Crippen LogP contribution in [0.2, 0.25) is 0 Å². The monoisotopic (exact) mass is 339 g/mol. The van der Waals surface area contributed by atoms with Gasteiger partial charge in [-0.2, -0.15) is 0 Å². The predicted molar refractivity (Wildman–Crippen MR) is 82.9 cm³/mol. The molecule has 3 rings (SSSR count). The fourth-order valence-electron chi connectivity index (χ4n) is 3.30. The number of anilines is 1. The van der Waals surface area contributed by atoms with Crippen LogP contribution in [0.4, 0.5) is 10.3 Å². The number of nitrogens with zero attached hydrogens (tertiary/aromatic N) is 2. The molecule has 1 saturated carbocycles. The number of rotatable bonds is 2. The summed E-state index contributed by atoms with van der Waals surface area (Å²) in [6, 6.07) is 3.19. The molecule has 0 saturated heterocycles. The highest BCUT2D eigenvalue weighted by Crippen LogP contribution is 2.69. The molecule has 1 aromatic carbocycles. The number of nitrogen functional groups attached to an aromatic ring is 1. The molecule has 1 fully saturated rings. The van der Waals surface area contributed by atoms with Crippen LogP contribution in [0.25, 0.3) is 11.0 Å². The Morgan fingerprint density at radius 1 is 1.30 bits per heavy atom. The molecule has 2 aromatic rings. The maximum Gasteiger partial charge on any atom is 0.201 e. The minimum Gasteiger partial charge on any atom is -0.369 e. The number of hydrogen-bond donors (Lipinski definition) is 1. The van der Waals surface area contributed by atoms with Crippen molar-refractivity contribution in [1.29, 1.82) is 0 Å². The Hall–Kier alpha value is -1.10. The van der Waals surface area contributed by atoms with E-state index >= 15 is 0 Å². The highest BCUT2D eigenvalue weighted by molar-refractivity contribution is 9.10. The second kappa shape index (κ2) is 3.97. The average Bonchev–Trinajstić information content (AvgIpc) is 2.60. The number of halogens is 2. The van der Waals surface area contributed by atoms with Gasteiger partial charge in [0, 0.05) is 12.6 Å². The summed E-state index contributed by atoms with van der Waals surface area (Å²) in [5, 5.41) is 0. The summed E-state index contributed by atoms with van der Waals surface area (Å²) in [5.41, 5.74) is 8.09. The summed E-state index contributed by atoms with van der Waals surface area (Å²) >= 11 is 3.23. The fraction of sp³-hybridized carbons (Fsp3) is 0.533. The van der Waals surface area contributed by atoms with Gasteiger partial charge in [0.15, 0.2) is 0 Å². The Morgan fingerprint density at radius 2 is 1.90 bits per heavy atom. The quantitative estimate of drug-likeness (QED) is 0.890. The number of benzene rings is 1. The summed E-state index contributed by atoms with van der Waals surface area (Å²) < 4.78 is 16.0. The second-order valence-electron chi connectivity index (χ2n) is 6.83. The summed E-state index contributed by atoms with van der Waals surface area (Å²) in [5.74, 6) is 0.684. The first-order valence-electron chi connectivity index (χ1n) is 6.77. The smallest absolute Gasteiger partial charge is 0.201 e. The van der Waals surface area contributed by atoms with Crippen LogP contribution in [0.15, 0.2) is 16.6 Å². The second-order valence-corrected chi connectivity index (χ2v) is 7.69. The van der Waals surface area contributed by atoms with Gasteiger partial charge in [0.1, 0.15) is 5.82 Å². The van der Waals surface area contributed by atoms with Crippen molar-refractivity contribution >= 4 is 32.9 Å². The number of aromatic nitrogens is 2. The summed E-state index contributed by atoms with van der Waals surface area (Å²) in [7, 11) is 0. The van der Waals surface area contributed by atoms with Crippen molar-refractivity contribution in [3.8, 4) is 0 Å². The predicted octanol–water partition coefficient (Wildman–Crippen LogP) is 4.20. The van der Waals surface area contributed by atoms with Gasteiger partial charge >= 0.3 is 0 Å². The molecule has 2 N–H and O–H groups in total. The van der Waals surface area contributed by atoms with Crippen LogP contribution in [-0.2, 0) is 6.54 Å². The number of imidazole rings is 1. The first kappa shape index (κ1) is 13.9. The largest absolute Gasteiger partial charge is 0.369 e. The molecule has 1 aliphatic carbocycles. The van der Waals surface area contributed by atoms with Gasteiger partial charge in [-0.1, -0.05) is 27.7 Å². The molecule has 0 unspecified atom stereocenters. The molecule has 0 bridgehead atoms. The first-order chi connectivity index (χ1) is 9.16. The number of hydrogen-bond acceptors (Lipinski definition) is 2. The lowest BCUT2D eigenvalue weighted by molar-refractivity contribution is 0.457. The Balaban J connectivity index is 2.05. The minimum atomic E-state index is -0.311. The van der Waals surface area contributed by atoms with Gasteiger partial charge < -0.3 is 10.3 Å². The van der Waals surface area contributed by atoms with E-state index in [-0.39, 0.29) is 16.6 Å². The van der Waals surface area contributed by atoms with E-state index in [1.807, 2.05) is 4.57 Å². The molecule has 0 atom stereocenters. The summed E-state index contributed by atoms with van der Waals surface area (Å²) in [6.45, 7) is 9.94. The zero-order chi connectivity index (χ0) is 14.9. The van der Waals surface area contributed by atoms with Crippen molar-refractivity contribution < 1.29 is 4.39 Å². The summed E-state index contributed by atoms with van der Waals surface area (Å²) in [4.78, 5) is 4.27. The Bertz CT molecular complexity index is 689. The van der Waals surface area contributed by atoms with Crippen molar-refractivity contribution in [2.45, 2.75) is 34.2 Å². The van der Waals surface area contributed by atoms with Gasteiger partial charge in [-0.05, 0) is 38.7 Å². The van der Waals surface area contributed by atoms with Gasteiger partial charge in [0.05, 0.1) is 15.5 Å². The van der Waals surface area contributed by atoms with E-state index in [2.05, 4.69) is 48.6 Å². The SMILES string of the molecule is CC1(C)C(Cn2c(N)nc3cc(F)c(Br)cc32)C1(C)C. The minimum absolute atomic E-state index is 0.285. The van der Waals surface area contributed by atoms with Crippen LogP contribution in [-0.4, -0.2) is 9.55 Å². The lowest BCUT2D eigenvalue weighted by Crippen LogP contribution is -2.08. The average molecular weight is 340 g/mol. The fourth-order valence-corrected chi connectivity index (χ4v) is 3.63. The van der Waals surface area contributed by atoms with Crippen LogP contribution >= 0.6 is 15.9 Å². The van der Waals surface area contributed by atoms with E-state index in [0.29, 0.717) is 21.9 Å². The van der Waals surface area contributed by atoms with Crippen LogP contribution in [0.5, 0.6) is 0 Å². The third kappa shape index (κ3) is 1.72. The highest BCUT2D eigenvalue weighted by atomic mass is 79.9. The lowest BCUT2D eigenvalue weighted by atomic mass is 10.0. The van der Waals surface area contributed by atoms with Gasteiger partial charge in [-0.15, -0.1) is 0 Å². The molecule has 0 spiro atoms. The molecule has 20 heavy (non-hydrogen) atoms. The zero-order valence-electron chi connectivity index (χ0n) is 12.2. The molecule has 0 amide bonds. The molecule has 1 aromatic heterocycles. The molecular formula is C15H19BrFN3. The molecule has 1 heterocycles. The van der Waals surface area contributed by atoms with Crippen molar-refractivity contribution in [3.05, 3.63) is 22.4 Å². The maximum absolute atomic E-state index is 13.6. The van der Waals surface area contributed by atoms with Crippen molar-refractivity contribution in [3.63, 3.8) is 0 Å². The van der Waals surface area contributed by atoms with Crippen LogP contribution in [0.3, 0.4) is 0 Å². The normalized spacial score (nSPS) is 20.5. The Morgan fingerprint density at radius 3 is 2.45 bits per heavy atom. The van der Waals surface area contributed by atoms with Gasteiger partial charge in [0.25, 0.3) is 0 Å². The van der Waals surface area contributed by atoms with E-state index in [1.54, 1.807) is 6.07 Å². The van der Waals surface area contributed by atoms with Crippen molar-refractivity contribution in [2.75, 3.05) is 5.73 Å². The first-order valence-corrected chi connectivity index (χ1v) is 7.56. The van der Waals surface area contributed by atoms with E-state index in [9.17, 15) is 4.39 Å². The van der Waals surface area contributed by atoms with Crippen molar-refractivity contribution in [2.24, 2.45) is 16.7 Å². The van der Waals surface area contributed by atoms with E-state index in [1.165, 1.54) is 6.07 Å². The highest BCUT2D eigenvalue weighted by Gasteiger charge is 2.64. The zero-order valence-corrected chi connectivity index (χ0v) is 13.8. The molecule has 5 heteroatoms. The standard InChI is InChI=1S/C15H19BrFN3/c1-14(2)12(15(14,3)4)7-20-11-5-8(16)9(17)6-10(11)19-13(20)18/h5-6,12H,7H2,1-4H3,(H2,18,19). The lowest BCUT2D eigenvalue weighted by Gasteiger charge is -2.08. The van der Waals surface area contributed by atoms with Gasteiger partial charge in [-0.3, -0.25) is 0 Å². The molecule has 0 aliphatic heterocycles. The molecule has 108 valence electrons. The number of nitrogens with two attached hydrogens (primary N) is 1. The molecule has 3 nitrogen and oxygen atoms in total.